The molecule has 308 valence electrons. The first-order chi connectivity index (χ1) is 25.1. The van der Waals surface area contributed by atoms with E-state index in [4.69, 9.17) is 32.0 Å². The minimum absolute atomic E-state index is 0.0465. The second-order valence-electron chi connectivity index (χ2n) is 13.1. The molecule has 0 saturated heterocycles. The minimum atomic E-state index is -2.67. The number of amides is 4. The van der Waals surface area contributed by atoms with Crippen molar-refractivity contribution in [1.29, 1.82) is 5.41 Å². The van der Waals surface area contributed by atoms with Crippen LogP contribution >= 0.6 is 0 Å². The van der Waals surface area contributed by atoms with Crippen LogP contribution in [0.5, 0.6) is 0 Å². The number of rotatable bonds is 36. The van der Waals surface area contributed by atoms with Gasteiger partial charge in [-0.15, -0.1) is 0 Å². The van der Waals surface area contributed by atoms with Crippen LogP contribution in [0.2, 0.25) is 12.1 Å². The lowest BCUT2D eigenvalue weighted by molar-refractivity contribution is 0.0700. The Morgan fingerprint density at radius 1 is 0.481 bits per heavy atom. The van der Waals surface area contributed by atoms with Crippen LogP contribution in [-0.2, 0) is 26.6 Å². The van der Waals surface area contributed by atoms with Gasteiger partial charge in [0, 0.05) is 97.7 Å². The van der Waals surface area contributed by atoms with Crippen molar-refractivity contribution in [2.45, 2.75) is 144 Å². The molecule has 0 atom stereocenters. The van der Waals surface area contributed by atoms with Gasteiger partial charge in [-0.2, -0.15) is 0 Å². The first-order valence-corrected chi connectivity index (χ1v) is 24.3. The van der Waals surface area contributed by atoms with Crippen LogP contribution in [0.15, 0.2) is 0 Å². The van der Waals surface area contributed by atoms with E-state index in [0.717, 1.165) is 109 Å². The zero-order chi connectivity index (χ0) is 38.9. The molecular weight excluding hydrogens is 699 g/mol. The standard InChI is InChI=1S/C37H79N5O8Si2/c1-9-45-51(46-10-2,47-11-3)33-25-29-39-36(43)41(7)31-23-19-15-17-21-27-35(38)28-22-18-16-20-24-32-42(8)37(44)40-30-26-34-52(48-12-4,49-13-5)50-14-6/h38H,9-34H2,1-8H3,(H,39,43)(H,40,44). The molecule has 0 aliphatic heterocycles. The maximum Gasteiger partial charge on any atom is 0.500 e. The van der Waals surface area contributed by atoms with E-state index in [1.807, 2.05) is 55.6 Å². The van der Waals surface area contributed by atoms with Gasteiger partial charge in [-0.1, -0.05) is 38.5 Å². The summed E-state index contributed by atoms with van der Waals surface area (Å²) in [6.45, 7) is 17.7. The molecule has 0 aromatic carbocycles. The Balaban J connectivity index is 3.87. The van der Waals surface area contributed by atoms with Gasteiger partial charge in [0.2, 0.25) is 0 Å². The van der Waals surface area contributed by atoms with Crippen LogP contribution in [0.3, 0.4) is 0 Å². The number of hydrogen-bond donors (Lipinski definition) is 3. The van der Waals surface area contributed by atoms with Crippen molar-refractivity contribution < 1.29 is 36.1 Å². The van der Waals surface area contributed by atoms with Crippen molar-refractivity contribution >= 4 is 35.4 Å². The Kier molecular flexibility index (Phi) is 31.8. The summed E-state index contributed by atoms with van der Waals surface area (Å²) in [5, 5.41) is 14.3. The molecule has 4 amide bonds. The molecule has 13 nitrogen and oxygen atoms in total. The van der Waals surface area contributed by atoms with Crippen molar-refractivity contribution in [3.8, 4) is 0 Å². The van der Waals surface area contributed by atoms with E-state index in [2.05, 4.69) is 10.6 Å². The Bertz CT molecular complexity index is 806. The quantitative estimate of drug-likeness (QED) is 0.0332. The van der Waals surface area contributed by atoms with Crippen LogP contribution in [0.1, 0.15) is 131 Å². The van der Waals surface area contributed by atoms with E-state index in [9.17, 15) is 9.59 Å². The zero-order valence-corrected chi connectivity index (χ0v) is 36.5. The van der Waals surface area contributed by atoms with Crippen LogP contribution in [0, 0.1) is 5.41 Å². The third-order valence-electron chi connectivity index (χ3n) is 8.69. The summed E-state index contributed by atoms with van der Waals surface area (Å²) in [5.74, 6) is 0. The van der Waals surface area contributed by atoms with Gasteiger partial charge in [0.05, 0.1) is 0 Å². The molecule has 0 aliphatic rings. The normalized spacial score (nSPS) is 11.8. The molecule has 15 heteroatoms. The molecule has 0 spiro atoms. The van der Waals surface area contributed by atoms with E-state index in [-0.39, 0.29) is 12.1 Å². The SMILES string of the molecule is CCO[Si](CCCNC(=O)N(C)CCCCCCCC(=N)CCCCCCCN(C)C(=O)NCCC[Si](OCC)(OCC)OCC)(OCC)OCC. The second-order valence-corrected chi connectivity index (χ2v) is 18.6. The molecular formula is C37H79N5O8Si2. The van der Waals surface area contributed by atoms with Crippen LogP contribution < -0.4 is 10.6 Å². The van der Waals surface area contributed by atoms with Gasteiger partial charge in [0.25, 0.3) is 0 Å². The number of unbranched alkanes of at least 4 members (excludes halogenated alkanes) is 8. The lowest BCUT2D eigenvalue weighted by atomic mass is 10.0. The summed E-state index contributed by atoms with van der Waals surface area (Å²) in [5.41, 5.74) is 0.861. The molecule has 0 bridgehead atoms. The number of hydrogen-bond acceptors (Lipinski definition) is 9. The Morgan fingerprint density at radius 3 is 1.08 bits per heavy atom. The van der Waals surface area contributed by atoms with Crippen molar-refractivity contribution in [2.24, 2.45) is 0 Å². The van der Waals surface area contributed by atoms with Crippen molar-refractivity contribution in [3.05, 3.63) is 0 Å². The predicted molar refractivity (Wildman–Crippen MR) is 215 cm³/mol. The molecule has 0 aliphatic carbocycles. The van der Waals surface area contributed by atoms with Crippen molar-refractivity contribution in [1.82, 2.24) is 20.4 Å². The van der Waals surface area contributed by atoms with Crippen LogP contribution in [0.25, 0.3) is 0 Å². The summed E-state index contributed by atoms with van der Waals surface area (Å²) in [4.78, 5) is 28.5. The number of carbonyl (C=O) groups is 2. The lowest BCUT2D eigenvalue weighted by Gasteiger charge is -2.28. The smallest absolute Gasteiger partial charge is 0.374 e. The van der Waals surface area contributed by atoms with Crippen LogP contribution in [0.4, 0.5) is 9.59 Å². The molecule has 0 aromatic rings. The molecule has 0 unspecified atom stereocenters. The van der Waals surface area contributed by atoms with E-state index >= 15 is 0 Å². The maximum absolute atomic E-state index is 12.5. The fraction of sp³-hybridized carbons (Fsp3) is 0.919. The Morgan fingerprint density at radius 2 is 0.769 bits per heavy atom. The first kappa shape index (κ1) is 50.4. The molecule has 0 rings (SSSR count). The largest absolute Gasteiger partial charge is 0.500 e. The molecule has 0 saturated carbocycles. The summed E-state index contributed by atoms with van der Waals surface area (Å²) in [6.07, 6.45) is 14.1. The van der Waals surface area contributed by atoms with Gasteiger partial charge < -0.3 is 52.4 Å². The molecule has 0 radical (unpaired) electrons. The van der Waals surface area contributed by atoms with E-state index < -0.39 is 17.6 Å². The first-order valence-electron chi connectivity index (χ1n) is 20.5. The highest BCUT2D eigenvalue weighted by Gasteiger charge is 2.40. The molecule has 0 heterocycles. The highest BCUT2D eigenvalue weighted by Crippen LogP contribution is 2.19. The van der Waals surface area contributed by atoms with E-state index in [0.29, 0.717) is 64.8 Å². The van der Waals surface area contributed by atoms with Gasteiger partial charge in [0.15, 0.2) is 0 Å². The third-order valence-corrected chi connectivity index (χ3v) is 15.0. The monoisotopic (exact) mass is 778 g/mol. The highest BCUT2D eigenvalue weighted by atomic mass is 28.4. The van der Waals surface area contributed by atoms with Crippen molar-refractivity contribution in [3.63, 3.8) is 0 Å². The van der Waals surface area contributed by atoms with Crippen molar-refractivity contribution in [2.75, 3.05) is 79.9 Å². The van der Waals surface area contributed by atoms with Crippen LogP contribution in [-0.4, -0.2) is 125 Å². The summed E-state index contributed by atoms with van der Waals surface area (Å²) < 4.78 is 35.3. The Labute approximate surface area is 320 Å². The molecule has 0 fully saturated rings. The summed E-state index contributed by atoms with van der Waals surface area (Å²) in [6, 6.07) is 1.29. The average molecular weight is 778 g/mol. The van der Waals surface area contributed by atoms with E-state index in [1.54, 1.807) is 9.80 Å². The summed E-state index contributed by atoms with van der Waals surface area (Å²) in [7, 11) is -1.64. The van der Waals surface area contributed by atoms with Gasteiger partial charge in [-0.25, -0.2) is 9.59 Å². The topological polar surface area (TPSA) is 144 Å². The number of urea groups is 2. The van der Waals surface area contributed by atoms with Gasteiger partial charge in [-0.05, 0) is 92.9 Å². The zero-order valence-electron chi connectivity index (χ0n) is 34.5. The summed E-state index contributed by atoms with van der Waals surface area (Å²) >= 11 is 0. The lowest BCUT2D eigenvalue weighted by Crippen LogP contribution is -2.46. The number of nitrogens with one attached hydrogen (secondary N) is 3. The Hall–Kier alpha value is -1.60. The van der Waals surface area contributed by atoms with Gasteiger partial charge in [-0.3, -0.25) is 0 Å². The fourth-order valence-electron chi connectivity index (χ4n) is 6.04. The third kappa shape index (κ3) is 24.7. The predicted octanol–water partition coefficient (Wildman–Crippen LogP) is 7.85. The molecule has 52 heavy (non-hydrogen) atoms. The van der Waals surface area contributed by atoms with Gasteiger partial charge >= 0.3 is 29.7 Å². The number of nitrogens with zero attached hydrogens (tertiary/aromatic N) is 2. The fourth-order valence-corrected chi connectivity index (χ4v) is 11.3. The number of carbonyl (C=O) groups excluding carboxylic acids is 2. The molecule has 3 N–H and O–H groups in total. The minimum Gasteiger partial charge on any atom is -0.374 e. The van der Waals surface area contributed by atoms with E-state index in [1.165, 1.54) is 0 Å². The molecule has 0 aromatic heterocycles. The average Bonchev–Trinajstić information content (AvgIpc) is 3.11. The second kappa shape index (κ2) is 32.8. The van der Waals surface area contributed by atoms with Gasteiger partial charge in [0.1, 0.15) is 0 Å². The maximum atomic E-state index is 12.5. The highest BCUT2D eigenvalue weighted by molar-refractivity contribution is 6.61.